The van der Waals surface area contributed by atoms with E-state index in [2.05, 4.69) is 0 Å². The van der Waals surface area contributed by atoms with Crippen LogP contribution in [0.5, 0.6) is 0 Å². The quantitative estimate of drug-likeness (QED) is 0.788. The summed E-state index contributed by atoms with van der Waals surface area (Å²) < 4.78 is 10.8. The number of carbonyl (C=O) groups excluding carboxylic acids is 1. The van der Waals surface area contributed by atoms with Crippen LogP contribution in [0, 0.1) is 13.8 Å². The van der Waals surface area contributed by atoms with E-state index in [4.69, 9.17) is 21.4 Å². The first-order valence-electron chi connectivity index (χ1n) is 4.11. The first-order chi connectivity index (χ1) is 6.75. The van der Waals surface area contributed by atoms with Crippen molar-refractivity contribution in [3.63, 3.8) is 0 Å². The maximum absolute atomic E-state index is 11.3. The Morgan fingerprint density at radius 1 is 1.33 bits per heavy atom. The van der Waals surface area contributed by atoms with Crippen molar-refractivity contribution < 1.29 is 19.1 Å². The summed E-state index contributed by atoms with van der Waals surface area (Å²) in [5.74, 6) is 0. The van der Waals surface area contributed by atoms with Crippen LogP contribution < -0.4 is 0 Å². The minimum atomic E-state index is -4.76. The second-order valence-electron chi connectivity index (χ2n) is 3.22. The Morgan fingerprint density at radius 2 is 1.87 bits per heavy atom. The number of carbonyl (C=O) groups is 1. The second kappa shape index (κ2) is 4.06. The van der Waals surface area contributed by atoms with E-state index < -0.39 is 13.1 Å². The molecule has 0 aliphatic heterocycles. The lowest BCUT2D eigenvalue weighted by molar-refractivity contribution is 0.104. The number of rotatable bonds is 2. The molecule has 82 valence electrons. The zero-order chi connectivity index (χ0) is 11.8. The fourth-order valence-electron chi connectivity index (χ4n) is 1.10. The minimum Gasteiger partial charge on any atom is -0.319 e. The molecule has 1 aromatic rings. The highest BCUT2D eigenvalue weighted by atomic mass is 35.5. The highest BCUT2D eigenvalue weighted by molar-refractivity contribution is 7.70. The van der Waals surface area contributed by atoms with Crippen molar-refractivity contribution >= 4 is 24.7 Å². The summed E-state index contributed by atoms with van der Waals surface area (Å²) in [6, 6.07) is 2.93. The van der Waals surface area contributed by atoms with Gasteiger partial charge >= 0.3 is 7.60 Å². The topological polar surface area (TPSA) is 74.6 Å². The predicted molar refractivity (Wildman–Crippen MR) is 57.3 cm³/mol. The van der Waals surface area contributed by atoms with Gasteiger partial charge in [-0.15, -0.1) is 0 Å². The highest BCUT2D eigenvalue weighted by Gasteiger charge is 2.29. The van der Waals surface area contributed by atoms with Gasteiger partial charge in [0.2, 0.25) is 0 Å². The zero-order valence-electron chi connectivity index (χ0n) is 8.19. The monoisotopic (exact) mass is 248 g/mol. The molecule has 1 rings (SSSR count). The molecule has 0 unspecified atom stereocenters. The average Bonchev–Trinajstić information content (AvgIpc) is 2.12. The fourth-order valence-corrected chi connectivity index (χ4v) is 1.97. The van der Waals surface area contributed by atoms with Crippen molar-refractivity contribution in [1.29, 1.82) is 0 Å². The molecule has 1 aromatic carbocycles. The molecule has 0 saturated carbocycles. The van der Waals surface area contributed by atoms with Gasteiger partial charge in [-0.1, -0.05) is 17.7 Å². The number of aryl methyl sites for hydroxylation is 1. The third-order valence-electron chi connectivity index (χ3n) is 2.15. The smallest absolute Gasteiger partial charge is 0.319 e. The molecule has 0 spiro atoms. The van der Waals surface area contributed by atoms with Crippen LogP contribution in [0.25, 0.3) is 0 Å². The minimum absolute atomic E-state index is 0.100. The Kier molecular flexibility index (Phi) is 3.36. The van der Waals surface area contributed by atoms with Gasteiger partial charge in [0.1, 0.15) is 0 Å². The largest absolute Gasteiger partial charge is 0.396 e. The molecule has 0 aliphatic rings. The Morgan fingerprint density at radius 3 is 2.33 bits per heavy atom. The third kappa shape index (κ3) is 2.47. The average molecular weight is 249 g/mol. The van der Waals surface area contributed by atoms with Gasteiger partial charge in [0.15, 0.2) is 0 Å². The van der Waals surface area contributed by atoms with E-state index >= 15 is 0 Å². The molecular formula is C9H10ClO4P. The SMILES string of the molecule is Cc1ccc(C(=O)P(=O)(O)O)c(Cl)c1C. The van der Waals surface area contributed by atoms with Crippen LogP contribution >= 0.6 is 19.2 Å². The predicted octanol–water partition coefficient (Wildman–Crippen LogP) is 2.27. The number of benzene rings is 1. The van der Waals surface area contributed by atoms with Crippen LogP contribution in [0.15, 0.2) is 12.1 Å². The zero-order valence-corrected chi connectivity index (χ0v) is 9.84. The molecule has 0 radical (unpaired) electrons. The molecule has 0 amide bonds. The van der Waals surface area contributed by atoms with Crippen molar-refractivity contribution in [3.05, 3.63) is 33.8 Å². The summed E-state index contributed by atoms with van der Waals surface area (Å²) in [6.07, 6.45) is 0. The lowest BCUT2D eigenvalue weighted by Crippen LogP contribution is -2.02. The van der Waals surface area contributed by atoms with E-state index in [0.29, 0.717) is 5.56 Å². The number of hydrogen-bond donors (Lipinski definition) is 2. The molecule has 0 bridgehead atoms. The summed E-state index contributed by atoms with van der Waals surface area (Å²) in [4.78, 5) is 28.8. The molecule has 0 saturated heterocycles. The summed E-state index contributed by atoms with van der Waals surface area (Å²) in [5, 5.41) is 0.100. The normalized spacial score (nSPS) is 11.5. The molecule has 15 heavy (non-hydrogen) atoms. The first-order valence-corrected chi connectivity index (χ1v) is 6.10. The second-order valence-corrected chi connectivity index (χ2v) is 5.09. The molecule has 0 fully saturated rings. The maximum atomic E-state index is 11.3. The molecule has 0 aliphatic carbocycles. The van der Waals surface area contributed by atoms with Gasteiger partial charge in [0, 0.05) is 5.56 Å². The third-order valence-corrected chi connectivity index (χ3v) is 3.41. The highest BCUT2D eigenvalue weighted by Crippen LogP contribution is 2.41. The Labute approximate surface area is 92.0 Å². The van der Waals surface area contributed by atoms with Crippen LogP contribution in [-0.4, -0.2) is 15.3 Å². The Balaban J connectivity index is 3.36. The summed E-state index contributed by atoms with van der Waals surface area (Å²) in [7, 11) is -4.76. The van der Waals surface area contributed by atoms with Crippen LogP contribution in [0.2, 0.25) is 5.02 Å². The van der Waals surface area contributed by atoms with Gasteiger partial charge in [-0.2, -0.15) is 0 Å². The molecular weight excluding hydrogens is 239 g/mol. The summed E-state index contributed by atoms with van der Waals surface area (Å²) in [5.41, 5.74) is 0.141. The van der Waals surface area contributed by atoms with Gasteiger partial charge < -0.3 is 9.79 Å². The molecule has 0 heterocycles. The molecule has 6 heteroatoms. The van der Waals surface area contributed by atoms with Crippen LogP contribution in [0.1, 0.15) is 21.5 Å². The maximum Gasteiger partial charge on any atom is 0.396 e. The Hall–Kier alpha value is -0.670. The summed E-state index contributed by atoms with van der Waals surface area (Å²) in [6.45, 7) is 3.49. The standard InChI is InChI=1S/C9H10ClO4P/c1-5-3-4-7(8(10)6(5)2)9(11)15(12,13)14/h3-4H,1-2H3,(H2,12,13,14). The van der Waals surface area contributed by atoms with E-state index in [9.17, 15) is 9.36 Å². The Bertz CT molecular complexity index is 463. The lowest BCUT2D eigenvalue weighted by Gasteiger charge is -2.08. The van der Waals surface area contributed by atoms with E-state index in [0.717, 1.165) is 5.56 Å². The van der Waals surface area contributed by atoms with Crippen LogP contribution in [0.4, 0.5) is 0 Å². The van der Waals surface area contributed by atoms with Crippen molar-refractivity contribution in [1.82, 2.24) is 0 Å². The van der Waals surface area contributed by atoms with Crippen molar-refractivity contribution in [2.45, 2.75) is 13.8 Å². The molecule has 4 nitrogen and oxygen atoms in total. The summed E-state index contributed by atoms with van der Waals surface area (Å²) >= 11 is 5.84. The first kappa shape index (κ1) is 12.4. The van der Waals surface area contributed by atoms with Gasteiger partial charge in [-0.25, -0.2) is 0 Å². The van der Waals surface area contributed by atoms with Crippen molar-refractivity contribution in [3.8, 4) is 0 Å². The number of hydrogen-bond acceptors (Lipinski definition) is 2. The van der Waals surface area contributed by atoms with E-state index in [1.54, 1.807) is 19.9 Å². The molecule has 0 aromatic heterocycles. The van der Waals surface area contributed by atoms with Gasteiger partial charge in [0.05, 0.1) is 5.02 Å². The van der Waals surface area contributed by atoms with Crippen LogP contribution in [0.3, 0.4) is 0 Å². The van der Waals surface area contributed by atoms with Gasteiger partial charge in [0.25, 0.3) is 5.52 Å². The van der Waals surface area contributed by atoms with E-state index in [1.165, 1.54) is 6.07 Å². The van der Waals surface area contributed by atoms with Crippen molar-refractivity contribution in [2.24, 2.45) is 0 Å². The molecule has 0 atom stereocenters. The number of halogens is 1. The van der Waals surface area contributed by atoms with Crippen LogP contribution in [-0.2, 0) is 4.57 Å². The lowest BCUT2D eigenvalue weighted by atomic mass is 10.1. The van der Waals surface area contributed by atoms with Gasteiger partial charge in [-0.3, -0.25) is 9.36 Å². The fraction of sp³-hybridized carbons (Fsp3) is 0.222. The van der Waals surface area contributed by atoms with Gasteiger partial charge in [-0.05, 0) is 31.0 Å². The van der Waals surface area contributed by atoms with E-state index in [1.807, 2.05) is 0 Å². The van der Waals surface area contributed by atoms with E-state index in [-0.39, 0.29) is 10.6 Å². The molecule has 2 N–H and O–H groups in total. The van der Waals surface area contributed by atoms with Crippen molar-refractivity contribution in [2.75, 3.05) is 0 Å².